The monoisotopic (exact) mass is 221 g/mol. The first-order valence-corrected chi connectivity index (χ1v) is 5.67. The molecule has 0 bridgehead atoms. The number of carbonyl (C=O) groups is 1. The van der Waals surface area contributed by atoms with E-state index in [-0.39, 0.29) is 11.9 Å². The van der Waals surface area contributed by atoms with E-state index in [0.717, 1.165) is 13.0 Å². The number of amides is 1. The van der Waals surface area contributed by atoms with E-state index in [1.165, 1.54) is 0 Å². The number of benzene rings is 1. The van der Waals surface area contributed by atoms with Crippen LogP contribution in [0.25, 0.3) is 0 Å². The fourth-order valence-corrected chi connectivity index (χ4v) is 1.34. The van der Waals surface area contributed by atoms with Gasteiger partial charge in [-0.3, -0.25) is 4.79 Å². The Labute approximate surface area is 96.8 Å². The lowest BCUT2D eigenvalue weighted by Crippen LogP contribution is -2.35. The fourth-order valence-electron chi connectivity index (χ4n) is 1.34. The maximum absolute atomic E-state index is 11.7. The number of hydrogen-bond donors (Lipinski definition) is 1. The molecule has 0 aliphatic carbocycles. The van der Waals surface area contributed by atoms with Crippen molar-refractivity contribution >= 4 is 5.91 Å². The average Bonchev–Trinajstić information content (AvgIpc) is 2.30. The normalized spacial score (nSPS) is 12.1. The zero-order valence-corrected chi connectivity index (χ0v) is 9.90. The molecule has 0 aromatic heterocycles. The second-order valence-electron chi connectivity index (χ2n) is 3.82. The van der Waals surface area contributed by atoms with E-state index in [1.54, 1.807) is 12.1 Å². The minimum absolute atomic E-state index is 0.0410. The molecule has 0 aliphatic rings. The number of rotatable bonds is 6. The summed E-state index contributed by atoms with van der Waals surface area (Å²) in [6, 6.07) is 9.24. The van der Waals surface area contributed by atoms with Gasteiger partial charge in [0.1, 0.15) is 0 Å². The highest BCUT2D eigenvalue weighted by Gasteiger charge is 2.08. The molecule has 0 heterocycles. The first-order valence-electron chi connectivity index (χ1n) is 5.67. The van der Waals surface area contributed by atoms with E-state index in [0.29, 0.717) is 12.2 Å². The molecule has 1 amide bonds. The van der Waals surface area contributed by atoms with E-state index < -0.39 is 0 Å². The lowest BCUT2D eigenvalue weighted by molar-refractivity contribution is 0.0855. The van der Waals surface area contributed by atoms with Crippen molar-refractivity contribution in [1.29, 1.82) is 0 Å². The molecule has 0 aliphatic heterocycles. The summed E-state index contributed by atoms with van der Waals surface area (Å²) in [7, 11) is 0. The van der Waals surface area contributed by atoms with Crippen LogP contribution in [0.1, 0.15) is 30.6 Å². The molecule has 1 rings (SSSR count). The summed E-state index contributed by atoms with van der Waals surface area (Å²) in [5.74, 6) is -0.0480. The molecular weight excluding hydrogens is 202 g/mol. The molecule has 16 heavy (non-hydrogen) atoms. The molecule has 0 saturated heterocycles. The predicted octanol–water partition coefficient (Wildman–Crippen LogP) is 2.23. The maximum atomic E-state index is 11.7. The summed E-state index contributed by atoms with van der Waals surface area (Å²) in [6.07, 6.45) is 0.999. The van der Waals surface area contributed by atoms with Crippen LogP contribution in [-0.2, 0) is 4.74 Å². The Kier molecular flexibility index (Phi) is 5.57. The van der Waals surface area contributed by atoms with Gasteiger partial charge in [0.05, 0.1) is 6.61 Å². The molecule has 1 unspecified atom stereocenters. The molecule has 1 atom stereocenters. The topological polar surface area (TPSA) is 38.3 Å². The van der Waals surface area contributed by atoms with Crippen LogP contribution in [0.3, 0.4) is 0 Å². The van der Waals surface area contributed by atoms with Crippen molar-refractivity contribution in [3.63, 3.8) is 0 Å². The van der Waals surface area contributed by atoms with Gasteiger partial charge in [-0.25, -0.2) is 0 Å². The van der Waals surface area contributed by atoms with Gasteiger partial charge in [-0.1, -0.05) is 25.1 Å². The van der Waals surface area contributed by atoms with Crippen molar-refractivity contribution in [2.75, 3.05) is 13.2 Å². The average molecular weight is 221 g/mol. The Bertz CT molecular complexity index is 311. The van der Waals surface area contributed by atoms with Crippen molar-refractivity contribution in [1.82, 2.24) is 5.32 Å². The van der Waals surface area contributed by atoms with E-state index in [2.05, 4.69) is 12.2 Å². The summed E-state index contributed by atoms with van der Waals surface area (Å²) < 4.78 is 5.37. The molecule has 0 saturated carbocycles. The summed E-state index contributed by atoms with van der Waals surface area (Å²) in [4.78, 5) is 11.7. The molecule has 0 radical (unpaired) electrons. The standard InChI is InChI=1S/C13H19NO2/c1-3-9-16-10-11(2)14-13(15)12-7-5-4-6-8-12/h4-8,11H,3,9-10H2,1-2H3,(H,14,15). The number of carbonyl (C=O) groups excluding carboxylic acids is 1. The summed E-state index contributed by atoms with van der Waals surface area (Å²) >= 11 is 0. The second-order valence-corrected chi connectivity index (χ2v) is 3.82. The van der Waals surface area contributed by atoms with Crippen LogP contribution in [0.15, 0.2) is 30.3 Å². The third-order valence-corrected chi connectivity index (χ3v) is 2.13. The van der Waals surface area contributed by atoms with Gasteiger partial charge < -0.3 is 10.1 Å². The van der Waals surface area contributed by atoms with Gasteiger partial charge in [-0.2, -0.15) is 0 Å². The van der Waals surface area contributed by atoms with Gasteiger partial charge in [0, 0.05) is 18.2 Å². The molecule has 3 nitrogen and oxygen atoms in total. The van der Waals surface area contributed by atoms with Crippen LogP contribution in [0.4, 0.5) is 0 Å². The number of ether oxygens (including phenoxy) is 1. The Balaban J connectivity index is 2.34. The number of hydrogen-bond acceptors (Lipinski definition) is 2. The maximum Gasteiger partial charge on any atom is 0.251 e. The Hall–Kier alpha value is -1.35. The van der Waals surface area contributed by atoms with E-state index in [1.807, 2.05) is 25.1 Å². The van der Waals surface area contributed by atoms with Crippen molar-refractivity contribution in [3.05, 3.63) is 35.9 Å². The van der Waals surface area contributed by atoms with Crippen LogP contribution in [-0.4, -0.2) is 25.2 Å². The van der Waals surface area contributed by atoms with E-state index in [4.69, 9.17) is 4.74 Å². The largest absolute Gasteiger partial charge is 0.379 e. The second kappa shape index (κ2) is 7.01. The number of nitrogens with one attached hydrogen (secondary N) is 1. The van der Waals surface area contributed by atoms with Crippen LogP contribution >= 0.6 is 0 Å². The third kappa shape index (κ3) is 4.45. The first-order chi connectivity index (χ1) is 7.74. The summed E-state index contributed by atoms with van der Waals surface area (Å²) in [5, 5.41) is 2.89. The quantitative estimate of drug-likeness (QED) is 0.748. The van der Waals surface area contributed by atoms with Crippen LogP contribution in [0.5, 0.6) is 0 Å². The van der Waals surface area contributed by atoms with Gasteiger partial charge in [0.2, 0.25) is 0 Å². The zero-order chi connectivity index (χ0) is 11.8. The lowest BCUT2D eigenvalue weighted by atomic mass is 10.2. The molecule has 0 spiro atoms. The molecule has 88 valence electrons. The van der Waals surface area contributed by atoms with Crippen molar-refractivity contribution in [2.24, 2.45) is 0 Å². The lowest BCUT2D eigenvalue weighted by Gasteiger charge is -2.13. The summed E-state index contributed by atoms with van der Waals surface area (Å²) in [6.45, 7) is 5.31. The molecule has 3 heteroatoms. The smallest absolute Gasteiger partial charge is 0.251 e. The van der Waals surface area contributed by atoms with Crippen molar-refractivity contribution in [2.45, 2.75) is 26.3 Å². The highest BCUT2D eigenvalue weighted by molar-refractivity contribution is 5.94. The SMILES string of the molecule is CCCOCC(C)NC(=O)c1ccccc1. The predicted molar refractivity (Wildman–Crippen MR) is 64.5 cm³/mol. The van der Waals surface area contributed by atoms with Gasteiger partial charge in [-0.15, -0.1) is 0 Å². The molecule has 1 N–H and O–H groups in total. The van der Waals surface area contributed by atoms with Crippen LogP contribution in [0.2, 0.25) is 0 Å². The van der Waals surface area contributed by atoms with Crippen molar-refractivity contribution in [3.8, 4) is 0 Å². The molecule has 1 aromatic carbocycles. The molecular formula is C13H19NO2. The molecule has 1 aromatic rings. The van der Waals surface area contributed by atoms with Gasteiger partial charge >= 0.3 is 0 Å². The van der Waals surface area contributed by atoms with E-state index >= 15 is 0 Å². The third-order valence-electron chi connectivity index (χ3n) is 2.13. The molecule has 0 fully saturated rings. The van der Waals surface area contributed by atoms with E-state index in [9.17, 15) is 4.79 Å². The van der Waals surface area contributed by atoms with Crippen molar-refractivity contribution < 1.29 is 9.53 Å². The fraction of sp³-hybridized carbons (Fsp3) is 0.462. The van der Waals surface area contributed by atoms with Gasteiger partial charge in [0.25, 0.3) is 5.91 Å². The Morgan fingerprint density at radius 1 is 1.38 bits per heavy atom. The van der Waals surface area contributed by atoms with Crippen LogP contribution < -0.4 is 5.32 Å². The minimum Gasteiger partial charge on any atom is -0.379 e. The minimum atomic E-state index is -0.0480. The van der Waals surface area contributed by atoms with Crippen LogP contribution in [0, 0.1) is 0 Å². The first kappa shape index (κ1) is 12.7. The highest BCUT2D eigenvalue weighted by Crippen LogP contribution is 1.99. The van der Waals surface area contributed by atoms with Gasteiger partial charge in [0.15, 0.2) is 0 Å². The summed E-state index contributed by atoms with van der Waals surface area (Å²) in [5.41, 5.74) is 0.685. The highest BCUT2D eigenvalue weighted by atomic mass is 16.5. The zero-order valence-electron chi connectivity index (χ0n) is 9.90. The van der Waals surface area contributed by atoms with Gasteiger partial charge in [-0.05, 0) is 25.5 Å². The Morgan fingerprint density at radius 2 is 2.06 bits per heavy atom. The Morgan fingerprint density at radius 3 is 2.69 bits per heavy atom.